The van der Waals surface area contributed by atoms with Crippen molar-refractivity contribution < 1.29 is 4.79 Å². The molecule has 20 heavy (non-hydrogen) atoms. The van der Waals surface area contributed by atoms with Gasteiger partial charge in [0.1, 0.15) is 5.82 Å². The molecule has 2 rings (SSSR count). The number of halogens is 1. The third kappa shape index (κ3) is 3.81. The Hall–Kier alpha value is -1.88. The molecule has 1 aromatic carbocycles. The second-order valence-corrected chi connectivity index (χ2v) is 5.35. The Balaban J connectivity index is 2.07. The van der Waals surface area contributed by atoms with Crippen molar-refractivity contribution in [2.45, 2.75) is 19.9 Å². The smallest absolute Gasteiger partial charge is 0.251 e. The lowest BCUT2D eigenvalue weighted by atomic mass is 10.1. The second kappa shape index (κ2) is 6.52. The maximum atomic E-state index is 12.1. The second-order valence-electron chi connectivity index (χ2n) is 4.44. The van der Waals surface area contributed by atoms with E-state index in [1.54, 1.807) is 12.1 Å². The van der Waals surface area contributed by atoms with Crippen LogP contribution in [0.1, 0.15) is 28.5 Å². The lowest BCUT2D eigenvalue weighted by Crippen LogP contribution is -2.23. The molecule has 0 bridgehead atoms. The highest BCUT2D eigenvalue weighted by Gasteiger charge is 2.08. The van der Waals surface area contributed by atoms with Crippen LogP contribution in [0.25, 0.3) is 0 Å². The first kappa shape index (κ1) is 14.5. The van der Waals surface area contributed by atoms with Gasteiger partial charge < -0.3 is 11.1 Å². The molecule has 0 fully saturated rings. The maximum absolute atomic E-state index is 12.1. The van der Waals surface area contributed by atoms with Crippen LogP contribution in [0.3, 0.4) is 0 Å². The van der Waals surface area contributed by atoms with Gasteiger partial charge in [-0.05, 0) is 36.2 Å². The van der Waals surface area contributed by atoms with Crippen LogP contribution < -0.4 is 11.1 Å². The number of amides is 1. The molecule has 104 valence electrons. The minimum absolute atomic E-state index is 0.145. The van der Waals surface area contributed by atoms with E-state index in [2.05, 4.69) is 26.2 Å². The Labute approximate surface area is 126 Å². The molecule has 0 spiro atoms. The number of aryl methyl sites for hydroxylation is 1. The topological polar surface area (TPSA) is 68.0 Å². The van der Waals surface area contributed by atoms with Crippen molar-refractivity contribution in [2.24, 2.45) is 0 Å². The number of carbonyl (C=O) groups is 1. The maximum Gasteiger partial charge on any atom is 0.251 e. The van der Waals surface area contributed by atoms with E-state index >= 15 is 0 Å². The summed E-state index contributed by atoms with van der Waals surface area (Å²) in [6.45, 7) is 2.45. The number of nitrogens with one attached hydrogen (secondary N) is 1. The van der Waals surface area contributed by atoms with Crippen molar-refractivity contribution in [3.05, 3.63) is 57.7 Å². The molecule has 1 heterocycles. The third-order valence-corrected chi connectivity index (χ3v) is 3.36. The highest BCUT2D eigenvalue weighted by molar-refractivity contribution is 9.10. The van der Waals surface area contributed by atoms with Gasteiger partial charge in [-0.25, -0.2) is 4.98 Å². The number of aromatic nitrogens is 1. The lowest BCUT2D eigenvalue weighted by Gasteiger charge is -2.07. The zero-order valence-corrected chi connectivity index (χ0v) is 12.8. The van der Waals surface area contributed by atoms with E-state index in [1.807, 2.05) is 31.2 Å². The molecule has 0 saturated carbocycles. The summed E-state index contributed by atoms with van der Waals surface area (Å²) in [5.74, 6) is 0.228. The van der Waals surface area contributed by atoms with E-state index in [1.165, 1.54) is 0 Å². The van der Waals surface area contributed by atoms with E-state index in [4.69, 9.17) is 5.73 Å². The first-order chi connectivity index (χ1) is 9.58. The van der Waals surface area contributed by atoms with Gasteiger partial charge in [0.05, 0.1) is 0 Å². The predicted molar refractivity (Wildman–Crippen MR) is 83.3 cm³/mol. The molecular weight excluding hydrogens is 318 g/mol. The highest BCUT2D eigenvalue weighted by atomic mass is 79.9. The normalized spacial score (nSPS) is 10.3. The Bertz CT molecular complexity index is 628. The van der Waals surface area contributed by atoms with Crippen LogP contribution in [-0.4, -0.2) is 10.9 Å². The molecule has 0 saturated heterocycles. The highest BCUT2D eigenvalue weighted by Crippen LogP contribution is 2.12. The van der Waals surface area contributed by atoms with Crippen LogP contribution >= 0.6 is 15.9 Å². The van der Waals surface area contributed by atoms with Gasteiger partial charge in [-0.2, -0.15) is 0 Å². The molecule has 0 radical (unpaired) electrons. The number of nitrogens with two attached hydrogens (primary N) is 1. The molecule has 4 nitrogen and oxygen atoms in total. The van der Waals surface area contributed by atoms with Crippen molar-refractivity contribution in [1.29, 1.82) is 0 Å². The summed E-state index contributed by atoms with van der Waals surface area (Å²) in [5, 5.41) is 2.88. The van der Waals surface area contributed by atoms with E-state index in [0.29, 0.717) is 17.9 Å². The Morgan fingerprint density at radius 1 is 1.35 bits per heavy atom. The fraction of sp³-hybridized carbons (Fsp3) is 0.200. The van der Waals surface area contributed by atoms with Gasteiger partial charge in [0.15, 0.2) is 0 Å². The van der Waals surface area contributed by atoms with Crippen molar-refractivity contribution in [1.82, 2.24) is 10.3 Å². The zero-order valence-electron chi connectivity index (χ0n) is 11.2. The summed E-state index contributed by atoms with van der Waals surface area (Å²) in [4.78, 5) is 16.3. The van der Waals surface area contributed by atoms with Gasteiger partial charge in [0.2, 0.25) is 0 Å². The molecule has 0 aliphatic heterocycles. The van der Waals surface area contributed by atoms with Crippen LogP contribution in [0.4, 0.5) is 5.82 Å². The largest absolute Gasteiger partial charge is 0.384 e. The molecule has 0 aliphatic rings. The average Bonchev–Trinajstić information content (AvgIpc) is 2.44. The molecule has 0 atom stereocenters. The number of pyridine rings is 1. The number of benzene rings is 1. The lowest BCUT2D eigenvalue weighted by molar-refractivity contribution is 0.0950. The number of hydrogen-bond acceptors (Lipinski definition) is 3. The molecule has 0 unspecified atom stereocenters. The zero-order chi connectivity index (χ0) is 14.5. The van der Waals surface area contributed by atoms with Crippen LogP contribution in [0.2, 0.25) is 0 Å². The van der Waals surface area contributed by atoms with Gasteiger partial charge in [-0.15, -0.1) is 0 Å². The Morgan fingerprint density at radius 3 is 2.85 bits per heavy atom. The van der Waals surface area contributed by atoms with Gasteiger partial charge in [-0.1, -0.05) is 35.0 Å². The first-order valence-electron chi connectivity index (χ1n) is 6.37. The Kier molecular flexibility index (Phi) is 4.74. The van der Waals surface area contributed by atoms with Crippen LogP contribution in [0.5, 0.6) is 0 Å². The number of rotatable bonds is 4. The number of nitrogens with zero attached hydrogens (tertiary/aromatic N) is 1. The van der Waals surface area contributed by atoms with Crippen LogP contribution in [-0.2, 0) is 13.0 Å². The predicted octanol–water partition coefficient (Wildman–Crippen LogP) is 2.92. The van der Waals surface area contributed by atoms with Crippen LogP contribution in [0, 0.1) is 0 Å². The van der Waals surface area contributed by atoms with E-state index < -0.39 is 0 Å². The van der Waals surface area contributed by atoms with E-state index in [0.717, 1.165) is 22.2 Å². The molecule has 1 aromatic heterocycles. The van der Waals surface area contributed by atoms with E-state index in [-0.39, 0.29) is 5.91 Å². The fourth-order valence-electron chi connectivity index (χ4n) is 1.85. The molecular formula is C15H16BrN3O. The first-order valence-corrected chi connectivity index (χ1v) is 7.17. The Morgan fingerprint density at radius 2 is 2.15 bits per heavy atom. The summed E-state index contributed by atoms with van der Waals surface area (Å²) < 4.78 is 0.991. The molecule has 0 aliphatic carbocycles. The molecule has 5 heteroatoms. The van der Waals surface area contributed by atoms with Crippen LogP contribution in [0.15, 0.2) is 40.9 Å². The molecule has 3 N–H and O–H groups in total. The van der Waals surface area contributed by atoms with Crippen molar-refractivity contribution in [3.63, 3.8) is 0 Å². The quantitative estimate of drug-likeness (QED) is 0.903. The van der Waals surface area contributed by atoms with Gasteiger partial charge in [0, 0.05) is 22.3 Å². The van der Waals surface area contributed by atoms with Gasteiger partial charge in [-0.3, -0.25) is 4.79 Å². The SMILES string of the molecule is CCc1cc(C(=O)NCc2cccc(Br)c2)cc(N)n1. The number of carbonyl (C=O) groups excluding carboxylic acids is 1. The minimum Gasteiger partial charge on any atom is -0.384 e. The van der Waals surface area contributed by atoms with Gasteiger partial charge in [0.25, 0.3) is 5.91 Å². The fourth-order valence-corrected chi connectivity index (χ4v) is 2.30. The average molecular weight is 334 g/mol. The van der Waals surface area contributed by atoms with Crippen molar-refractivity contribution in [2.75, 3.05) is 5.73 Å². The molecule has 2 aromatic rings. The number of hydrogen-bond donors (Lipinski definition) is 2. The third-order valence-electron chi connectivity index (χ3n) is 2.86. The summed E-state index contributed by atoms with van der Waals surface area (Å²) in [7, 11) is 0. The summed E-state index contributed by atoms with van der Waals surface area (Å²) in [6, 6.07) is 11.2. The summed E-state index contributed by atoms with van der Waals surface area (Å²) >= 11 is 3.40. The number of nitrogen functional groups attached to an aromatic ring is 1. The summed E-state index contributed by atoms with van der Waals surface area (Å²) in [5.41, 5.74) is 8.10. The number of anilines is 1. The monoisotopic (exact) mass is 333 g/mol. The van der Waals surface area contributed by atoms with Crippen molar-refractivity contribution in [3.8, 4) is 0 Å². The van der Waals surface area contributed by atoms with Crippen molar-refractivity contribution >= 4 is 27.7 Å². The minimum atomic E-state index is -0.145. The molecule has 1 amide bonds. The van der Waals surface area contributed by atoms with E-state index in [9.17, 15) is 4.79 Å². The summed E-state index contributed by atoms with van der Waals surface area (Å²) in [6.07, 6.45) is 0.747. The standard InChI is InChI=1S/C15H16BrN3O/c1-2-13-7-11(8-14(17)19-13)15(20)18-9-10-4-3-5-12(16)6-10/h3-8H,2,9H2,1H3,(H2,17,19)(H,18,20). The van der Waals surface area contributed by atoms with Gasteiger partial charge >= 0.3 is 0 Å².